The lowest BCUT2D eigenvalue weighted by molar-refractivity contribution is -0.106. The molecule has 0 aliphatic carbocycles. The zero-order chi connectivity index (χ0) is 21.3. The third kappa shape index (κ3) is 3.81. The molecule has 2 aromatic rings. The molecule has 2 unspecified atom stereocenters. The fourth-order valence-corrected chi connectivity index (χ4v) is 6.04. The number of ether oxygens (including phenoxy) is 1. The Bertz CT molecular complexity index is 1030. The molecule has 0 radical (unpaired) electrons. The maximum atomic E-state index is 13.8. The molecule has 2 aliphatic rings. The molecule has 30 heavy (non-hydrogen) atoms. The Morgan fingerprint density at radius 2 is 1.93 bits per heavy atom. The predicted molar refractivity (Wildman–Crippen MR) is 112 cm³/mol. The van der Waals surface area contributed by atoms with Gasteiger partial charge in [-0.05, 0) is 61.2 Å². The van der Waals surface area contributed by atoms with Gasteiger partial charge in [0.1, 0.15) is 17.9 Å². The van der Waals surface area contributed by atoms with Gasteiger partial charge in [0.05, 0.1) is 18.0 Å². The molecule has 2 heterocycles. The number of rotatable bonds is 7. The highest BCUT2D eigenvalue weighted by molar-refractivity contribution is 7.89. The van der Waals surface area contributed by atoms with Crippen LogP contribution in [0, 0.1) is 11.7 Å². The van der Waals surface area contributed by atoms with Crippen molar-refractivity contribution in [1.82, 2.24) is 4.31 Å². The van der Waals surface area contributed by atoms with Crippen LogP contribution in [0.15, 0.2) is 47.4 Å². The standard InChI is InChI=1S/C22H25FN2O4S/c1-2-29-18-4-6-19(7-5-18)30(27,28)25-10-9-16(14-25)21-15-24(11-12-26)22-13-17(23)3-8-20(21)22/h3-8,12-13,16,21H,2,9-11,14-15H2,1H3. The van der Waals surface area contributed by atoms with E-state index in [-0.39, 0.29) is 29.1 Å². The highest BCUT2D eigenvalue weighted by Crippen LogP contribution is 2.44. The number of aldehydes is 1. The average molecular weight is 433 g/mol. The summed E-state index contributed by atoms with van der Waals surface area (Å²) in [4.78, 5) is 13.2. The smallest absolute Gasteiger partial charge is 0.243 e. The van der Waals surface area contributed by atoms with E-state index < -0.39 is 10.0 Å². The first-order chi connectivity index (χ1) is 14.4. The third-order valence-corrected chi connectivity index (χ3v) is 7.85. The number of sulfonamides is 1. The minimum atomic E-state index is -3.59. The maximum Gasteiger partial charge on any atom is 0.243 e. The number of hydrogen-bond donors (Lipinski definition) is 0. The first-order valence-corrected chi connectivity index (χ1v) is 11.6. The topological polar surface area (TPSA) is 66.9 Å². The van der Waals surface area contributed by atoms with Gasteiger partial charge in [-0.25, -0.2) is 12.8 Å². The first kappa shape index (κ1) is 20.8. The molecule has 0 aromatic heterocycles. The van der Waals surface area contributed by atoms with Crippen LogP contribution in [0.4, 0.5) is 10.1 Å². The van der Waals surface area contributed by atoms with Crippen molar-refractivity contribution in [2.75, 3.05) is 37.7 Å². The summed E-state index contributed by atoms with van der Waals surface area (Å²) < 4.78 is 46.9. The number of benzene rings is 2. The molecule has 160 valence electrons. The molecule has 1 saturated heterocycles. The van der Waals surface area contributed by atoms with Crippen molar-refractivity contribution < 1.29 is 22.3 Å². The van der Waals surface area contributed by atoms with E-state index in [0.29, 0.717) is 32.0 Å². The fraction of sp³-hybridized carbons (Fsp3) is 0.409. The Balaban J connectivity index is 1.52. The van der Waals surface area contributed by atoms with Gasteiger partial charge in [0.25, 0.3) is 0 Å². The maximum absolute atomic E-state index is 13.8. The van der Waals surface area contributed by atoms with E-state index in [1.807, 2.05) is 11.8 Å². The lowest BCUT2D eigenvalue weighted by atomic mass is 9.87. The number of fused-ring (bicyclic) bond motifs is 1. The summed E-state index contributed by atoms with van der Waals surface area (Å²) in [5.41, 5.74) is 1.73. The van der Waals surface area contributed by atoms with E-state index in [0.717, 1.165) is 24.0 Å². The molecule has 6 nitrogen and oxygen atoms in total. The third-order valence-electron chi connectivity index (χ3n) is 5.97. The molecule has 0 saturated carbocycles. The molecule has 0 amide bonds. The van der Waals surface area contributed by atoms with Crippen LogP contribution in [0.1, 0.15) is 24.8 Å². The van der Waals surface area contributed by atoms with Crippen molar-refractivity contribution in [3.05, 3.63) is 53.8 Å². The summed E-state index contributed by atoms with van der Waals surface area (Å²) in [6.45, 7) is 4.05. The van der Waals surface area contributed by atoms with Gasteiger partial charge in [-0.15, -0.1) is 0 Å². The monoisotopic (exact) mass is 432 g/mol. The predicted octanol–water partition coefficient (Wildman–Crippen LogP) is 3.04. The van der Waals surface area contributed by atoms with Gasteiger partial charge in [0, 0.05) is 31.2 Å². The van der Waals surface area contributed by atoms with Crippen molar-refractivity contribution in [3.63, 3.8) is 0 Å². The number of carbonyl (C=O) groups is 1. The summed E-state index contributed by atoms with van der Waals surface area (Å²) >= 11 is 0. The van der Waals surface area contributed by atoms with Crippen LogP contribution in [0.25, 0.3) is 0 Å². The van der Waals surface area contributed by atoms with E-state index in [1.165, 1.54) is 16.4 Å². The minimum absolute atomic E-state index is 0.0704. The van der Waals surface area contributed by atoms with Crippen LogP contribution in [-0.4, -0.2) is 51.8 Å². The molecule has 0 bridgehead atoms. The summed E-state index contributed by atoms with van der Waals surface area (Å²) in [6.07, 6.45) is 1.54. The SMILES string of the molecule is CCOc1ccc(S(=O)(=O)N2CCC(C3CN(CC=O)c4cc(F)ccc43)C2)cc1. The summed E-state index contributed by atoms with van der Waals surface area (Å²) in [5.74, 6) is 0.488. The number of anilines is 1. The van der Waals surface area contributed by atoms with Crippen molar-refractivity contribution in [2.45, 2.75) is 24.2 Å². The number of hydrogen-bond acceptors (Lipinski definition) is 5. The molecular weight excluding hydrogens is 407 g/mol. The largest absolute Gasteiger partial charge is 0.494 e. The van der Waals surface area contributed by atoms with Crippen LogP contribution in [-0.2, 0) is 14.8 Å². The van der Waals surface area contributed by atoms with E-state index >= 15 is 0 Å². The molecule has 1 fully saturated rings. The molecule has 8 heteroatoms. The van der Waals surface area contributed by atoms with Crippen LogP contribution in [0.3, 0.4) is 0 Å². The molecule has 2 aliphatic heterocycles. The van der Waals surface area contributed by atoms with Crippen molar-refractivity contribution in [3.8, 4) is 5.75 Å². The number of halogens is 1. The van der Waals surface area contributed by atoms with Gasteiger partial charge in [-0.1, -0.05) is 6.07 Å². The van der Waals surface area contributed by atoms with Gasteiger partial charge in [-0.3, -0.25) is 0 Å². The summed E-state index contributed by atoms with van der Waals surface area (Å²) in [7, 11) is -3.59. The Kier molecular flexibility index (Phi) is 5.79. The van der Waals surface area contributed by atoms with Gasteiger partial charge in [0.2, 0.25) is 10.0 Å². The molecule has 2 atom stereocenters. The lowest BCUT2D eigenvalue weighted by Gasteiger charge is -2.21. The van der Waals surface area contributed by atoms with E-state index in [1.54, 1.807) is 30.3 Å². The van der Waals surface area contributed by atoms with Crippen molar-refractivity contribution >= 4 is 22.0 Å². The summed E-state index contributed by atoms with van der Waals surface area (Å²) in [5, 5.41) is 0. The Morgan fingerprint density at radius 3 is 2.63 bits per heavy atom. The van der Waals surface area contributed by atoms with Crippen molar-refractivity contribution in [2.24, 2.45) is 5.92 Å². The molecule has 0 spiro atoms. The highest BCUT2D eigenvalue weighted by Gasteiger charge is 2.40. The normalized spacial score (nSPS) is 21.6. The Labute approximate surface area is 176 Å². The minimum Gasteiger partial charge on any atom is -0.494 e. The van der Waals surface area contributed by atoms with Gasteiger partial charge in [-0.2, -0.15) is 4.31 Å². The number of nitrogens with zero attached hydrogens (tertiary/aromatic N) is 2. The lowest BCUT2D eigenvalue weighted by Crippen LogP contribution is -2.31. The van der Waals surface area contributed by atoms with Crippen LogP contribution >= 0.6 is 0 Å². The quantitative estimate of drug-likeness (QED) is 0.629. The zero-order valence-electron chi connectivity index (χ0n) is 16.8. The molecule has 4 rings (SSSR count). The fourth-order valence-electron chi connectivity index (χ4n) is 4.53. The van der Waals surface area contributed by atoms with Crippen LogP contribution in [0.5, 0.6) is 5.75 Å². The first-order valence-electron chi connectivity index (χ1n) is 10.1. The second-order valence-electron chi connectivity index (χ2n) is 7.70. The molecular formula is C22H25FN2O4S. The Hall–Kier alpha value is -2.45. The van der Waals surface area contributed by atoms with Crippen LogP contribution in [0.2, 0.25) is 0 Å². The molecule has 2 aromatic carbocycles. The second kappa shape index (κ2) is 8.35. The zero-order valence-corrected chi connectivity index (χ0v) is 17.6. The van der Waals surface area contributed by atoms with E-state index in [4.69, 9.17) is 4.74 Å². The average Bonchev–Trinajstić information content (AvgIpc) is 3.35. The second-order valence-corrected chi connectivity index (χ2v) is 9.64. The summed E-state index contributed by atoms with van der Waals surface area (Å²) in [6, 6.07) is 11.2. The highest BCUT2D eigenvalue weighted by atomic mass is 32.2. The Morgan fingerprint density at radius 1 is 1.17 bits per heavy atom. The van der Waals surface area contributed by atoms with Crippen LogP contribution < -0.4 is 9.64 Å². The number of carbonyl (C=O) groups excluding carboxylic acids is 1. The molecule has 0 N–H and O–H groups in total. The van der Waals surface area contributed by atoms with E-state index in [2.05, 4.69) is 0 Å². The van der Waals surface area contributed by atoms with Gasteiger partial charge >= 0.3 is 0 Å². The van der Waals surface area contributed by atoms with Gasteiger partial charge in [0.15, 0.2) is 0 Å². The van der Waals surface area contributed by atoms with Gasteiger partial charge < -0.3 is 14.4 Å². The van der Waals surface area contributed by atoms with E-state index in [9.17, 15) is 17.6 Å². The van der Waals surface area contributed by atoms with Crippen molar-refractivity contribution in [1.29, 1.82) is 0 Å².